The van der Waals surface area contributed by atoms with Crippen LogP contribution in [0.4, 0.5) is 4.39 Å². The first-order valence-electron chi connectivity index (χ1n) is 9.96. The average Bonchev–Trinajstić information content (AvgIpc) is 2.59. The largest absolute Gasteiger partial charge is 0.375 e. The number of hydrogen-bond donors (Lipinski definition) is 1. The molecule has 2 atom stereocenters. The molecule has 142 valence electrons. The predicted molar refractivity (Wildman–Crippen MR) is 103 cm³/mol. The summed E-state index contributed by atoms with van der Waals surface area (Å²) in [5.41, 5.74) is 1.13. The van der Waals surface area contributed by atoms with Crippen molar-refractivity contribution < 1.29 is 9.13 Å². The Kier molecular flexibility index (Phi) is 7.45. The lowest BCUT2D eigenvalue weighted by atomic mass is 9.67. The minimum absolute atomic E-state index is 0.0147. The summed E-state index contributed by atoms with van der Waals surface area (Å²) in [4.78, 5) is 0. The van der Waals surface area contributed by atoms with Crippen LogP contribution in [-0.2, 0) is 11.3 Å². The smallest absolute Gasteiger partial charge is 0.127 e. The van der Waals surface area contributed by atoms with Crippen LogP contribution in [0.25, 0.3) is 0 Å². The standard InChI is InChI=1S/C22H36FNO/c1-5-21(4)17-22(13-15-25-21,11-10-18(2)3)12-14-24-16-19-8-6-7-9-20(19)23/h6-9,18,24H,5,10-17H2,1-4H3. The highest BCUT2D eigenvalue weighted by Crippen LogP contribution is 2.46. The van der Waals surface area contributed by atoms with Crippen LogP contribution < -0.4 is 5.32 Å². The van der Waals surface area contributed by atoms with Crippen LogP contribution in [0.2, 0.25) is 0 Å². The Morgan fingerprint density at radius 3 is 2.68 bits per heavy atom. The van der Waals surface area contributed by atoms with E-state index in [-0.39, 0.29) is 11.4 Å². The van der Waals surface area contributed by atoms with E-state index < -0.39 is 0 Å². The second-order valence-corrected chi connectivity index (χ2v) is 8.53. The molecule has 1 saturated heterocycles. The zero-order valence-corrected chi connectivity index (χ0v) is 16.5. The van der Waals surface area contributed by atoms with Crippen LogP contribution in [0, 0.1) is 17.2 Å². The van der Waals surface area contributed by atoms with Crippen LogP contribution in [0.15, 0.2) is 24.3 Å². The van der Waals surface area contributed by atoms with Crippen molar-refractivity contribution in [2.75, 3.05) is 13.2 Å². The number of benzene rings is 1. The molecule has 0 bridgehead atoms. The van der Waals surface area contributed by atoms with Crippen LogP contribution in [0.3, 0.4) is 0 Å². The van der Waals surface area contributed by atoms with Crippen molar-refractivity contribution in [3.63, 3.8) is 0 Å². The molecule has 1 N–H and O–H groups in total. The SMILES string of the molecule is CCC1(C)CC(CCNCc2ccccc2F)(CCC(C)C)CCO1. The normalized spacial score (nSPS) is 27.0. The number of nitrogens with one attached hydrogen (secondary N) is 1. The highest BCUT2D eigenvalue weighted by atomic mass is 19.1. The molecular weight excluding hydrogens is 313 g/mol. The van der Waals surface area contributed by atoms with E-state index in [1.165, 1.54) is 18.9 Å². The molecule has 2 nitrogen and oxygen atoms in total. The van der Waals surface area contributed by atoms with Gasteiger partial charge < -0.3 is 10.1 Å². The molecule has 3 heteroatoms. The number of rotatable bonds is 9. The fourth-order valence-corrected chi connectivity index (χ4v) is 4.04. The molecule has 1 fully saturated rings. The summed E-state index contributed by atoms with van der Waals surface area (Å²) < 4.78 is 19.8. The fraction of sp³-hybridized carbons (Fsp3) is 0.727. The Morgan fingerprint density at radius 1 is 1.24 bits per heavy atom. The predicted octanol–water partition coefficient (Wildman–Crippen LogP) is 5.71. The Balaban J connectivity index is 1.93. The highest BCUT2D eigenvalue weighted by molar-refractivity contribution is 5.16. The highest BCUT2D eigenvalue weighted by Gasteiger charge is 2.41. The van der Waals surface area contributed by atoms with Crippen molar-refractivity contribution in [3.05, 3.63) is 35.6 Å². The maximum Gasteiger partial charge on any atom is 0.127 e. The Labute approximate surface area is 153 Å². The third-order valence-electron chi connectivity index (χ3n) is 5.94. The minimum atomic E-state index is -0.117. The van der Waals surface area contributed by atoms with Crippen LogP contribution in [0.5, 0.6) is 0 Å². The van der Waals surface area contributed by atoms with Crippen molar-refractivity contribution >= 4 is 0 Å². The molecule has 1 aliphatic rings. The lowest BCUT2D eigenvalue weighted by molar-refractivity contribution is -0.122. The van der Waals surface area contributed by atoms with Gasteiger partial charge in [0.1, 0.15) is 5.82 Å². The monoisotopic (exact) mass is 349 g/mol. The summed E-state index contributed by atoms with van der Waals surface area (Å²) in [6.07, 6.45) is 7.05. The lowest BCUT2D eigenvalue weighted by Crippen LogP contribution is -2.44. The van der Waals surface area contributed by atoms with Crippen molar-refractivity contribution in [2.24, 2.45) is 11.3 Å². The summed E-state index contributed by atoms with van der Waals surface area (Å²) in [6.45, 7) is 11.5. The Hall–Kier alpha value is -0.930. The molecule has 1 aliphatic heterocycles. The van der Waals surface area contributed by atoms with Gasteiger partial charge in [0.15, 0.2) is 0 Å². The number of ether oxygens (including phenoxy) is 1. The molecule has 25 heavy (non-hydrogen) atoms. The van der Waals surface area contributed by atoms with Crippen LogP contribution in [-0.4, -0.2) is 18.8 Å². The van der Waals surface area contributed by atoms with Gasteiger partial charge in [-0.05, 0) is 63.0 Å². The number of halogens is 1. The molecule has 0 aliphatic carbocycles. The zero-order chi connectivity index (χ0) is 18.3. The van der Waals surface area contributed by atoms with Crippen molar-refractivity contribution in [2.45, 2.75) is 78.4 Å². The molecule has 2 unspecified atom stereocenters. The maximum atomic E-state index is 13.7. The summed E-state index contributed by atoms with van der Waals surface area (Å²) in [5.74, 6) is 0.619. The van der Waals surface area contributed by atoms with E-state index in [1.54, 1.807) is 6.07 Å². The minimum Gasteiger partial charge on any atom is -0.375 e. The molecule has 0 spiro atoms. The first kappa shape index (κ1) is 20.4. The van der Waals surface area contributed by atoms with Gasteiger partial charge in [0.25, 0.3) is 0 Å². The van der Waals surface area contributed by atoms with E-state index >= 15 is 0 Å². The van der Waals surface area contributed by atoms with Crippen LogP contribution in [0.1, 0.15) is 71.8 Å². The van der Waals surface area contributed by atoms with Gasteiger partial charge in [-0.15, -0.1) is 0 Å². The van der Waals surface area contributed by atoms with Gasteiger partial charge in [0, 0.05) is 18.7 Å². The topological polar surface area (TPSA) is 21.3 Å². The van der Waals surface area contributed by atoms with Gasteiger partial charge in [0.05, 0.1) is 5.60 Å². The van der Waals surface area contributed by atoms with Crippen molar-refractivity contribution in [1.29, 1.82) is 0 Å². The van der Waals surface area contributed by atoms with Gasteiger partial charge >= 0.3 is 0 Å². The van der Waals surface area contributed by atoms with E-state index in [1.807, 2.05) is 12.1 Å². The molecule has 0 amide bonds. The molecule has 1 aromatic carbocycles. The van der Waals surface area contributed by atoms with Gasteiger partial charge in [0.2, 0.25) is 0 Å². The van der Waals surface area contributed by atoms with Crippen molar-refractivity contribution in [1.82, 2.24) is 5.32 Å². The number of hydrogen-bond acceptors (Lipinski definition) is 2. The lowest BCUT2D eigenvalue weighted by Gasteiger charge is -2.47. The molecule has 0 saturated carbocycles. The van der Waals surface area contributed by atoms with E-state index in [0.29, 0.717) is 12.0 Å². The first-order chi connectivity index (χ1) is 11.9. The summed E-state index contributed by atoms with van der Waals surface area (Å²) >= 11 is 0. The van der Waals surface area contributed by atoms with E-state index in [9.17, 15) is 4.39 Å². The summed E-state index contributed by atoms with van der Waals surface area (Å²) in [7, 11) is 0. The Bertz CT molecular complexity index is 533. The molecule has 0 radical (unpaired) electrons. The average molecular weight is 350 g/mol. The molecule has 2 rings (SSSR count). The van der Waals surface area contributed by atoms with Gasteiger partial charge in [-0.1, -0.05) is 45.4 Å². The quantitative estimate of drug-likeness (QED) is 0.577. The van der Waals surface area contributed by atoms with Gasteiger partial charge in [-0.25, -0.2) is 4.39 Å². The van der Waals surface area contributed by atoms with E-state index in [0.717, 1.165) is 50.3 Å². The van der Waals surface area contributed by atoms with Crippen molar-refractivity contribution in [3.8, 4) is 0 Å². The molecule has 1 heterocycles. The first-order valence-corrected chi connectivity index (χ1v) is 9.96. The van der Waals surface area contributed by atoms with E-state index in [4.69, 9.17) is 4.74 Å². The molecule has 1 aromatic rings. The maximum absolute atomic E-state index is 13.7. The Morgan fingerprint density at radius 2 is 2.00 bits per heavy atom. The van der Waals surface area contributed by atoms with Gasteiger partial charge in [-0.2, -0.15) is 0 Å². The second kappa shape index (κ2) is 9.14. The van der Waals surface area contributed by atoms with Gasteiger partial charge in [-0.3, -0.25) is 0 Å². The summed E-state index contributed by atoms with van der Waals surface area (Å²) in [6, 6.07) is 7.04. The van der Waals surface area contributed by atoms with Crippen LogP contribution >= 0.6 is 0 Å². The summed E-state index contributed by atoms with van der Waals surface area (Å²) in [5, 5.41) is 3.47. The zero-order valence-electron chi connectivity index (χ0n) is 16.5. The fourth-order valence-electron chi connectivity index (χ4n) is 4.04. The van der Waals surface area contributed by atoms with E-state index in [2.05, 4.69) is 33.0 Å². The third-order valence-corrected chi connectivity index (χ3v) is 5.94. The second-order valence-electron chi connectivity index (χ2n) is 8.53. The molecule has 0 aromatic heterocycles. The third kappa shape index (κ3) is 6.07. The molecular formula is C22H36FNO.